The number of ether oxygens (including phenoxy) is 1. The smallest absolute Gasteiger partial charge is 0.0854 e. The minimum absolute atomic E-state index is 0.0548. The summed E-state index contributed by atoms with van der Waals surface area (Å²) in [6.45, 7) is 0.121. The number of benzene rings is 2. The van der Waals surface area contributed by atoms with Crippen LogP contribution in [0, 0.1) is 0 Å². The standard InChI is InChI=1S/C24H30O4/c25-10-9-16-1-3-17(4-2-16)11-20-12-19(7-8-23(20)18-5-6-18)24-14-21(27)13-22(15-26)28-24/h1-4,7-8,12,18,21-22,24-27H,5-6,9-11,13-15H2/t21-,22-,24?/m0/s1. The molecule has 150 valence electrons. The summed E-state index contributed by atoms with van der Waals surface area (Å²) in [5.41, 5.74) is 6.27. The molecule has 2 aromatic rings. The van der Waals surface area contributed by atoms with Crippen LogP contribution in [0.5, 0.6) is 0 Å². The summed E-state index contributed by atoms with van der Waals surface area (Å²) in [7, 11) is 0. The van der Waals surface area contributed by atoms with Crippen molar-refractivity contribution in [2.45, 2.75) is 62.8 Å². The van der Waals surface area contributed by atoms with Gasteiger partial charge in [-0.25, -0.2) is 0 Å². The lowest BCUT2D eigenvalue weighted by atomic mass is 9.90. The zero-order valence-corrected chi connectivity index (χ0v) is 16.3. The van der Waals surface area contributed by atoms with Crippen LogP contribution in [0.15, 0.2) is 42.5 Å². The first kappa shape index (κ1) is 19.6. The first-order valence-corrected chi connectivity index (χ1v) is 10.4. The fraction of sp³-hybridized carbons (Fsp3) is 0.500. The molecule has 4 heteroatoms. The SMILES string of the molecule is OCCc1ccc(Cc2cc(C3C[C@@H](O)C[C@@H](CO)O3)ccc2C2CC2)cc1. The fourth-order valence-corrected chi connectivity index (χ4v) is 4.27. The van der Waals surface area contributed by atoms with E-state index in [-0.39, 0.29) is 25.4 Å². The number of rotatable bonds is 7. The molecule has 4 rings (SSSR count). The summed E-state index contributed by atoms with van der Waals surface area (Å²) in [6, 6.07) is 15.1. The Bertz CT molecular complexity index is 782. The van der Waals surface area contributed by atoms with E-state index in [2.05, 4.69) is 42.5 Å². The van der Waals surface area contributed by atoms with Gasteiger partial charge in [0.1, 0.15) is 0 Å². The molecule has 0 bridgehead atoms. The molecule has 0 radical (unpaired) electrons. The summed E-state index contributed by atoms with van der Waals surface area (Å²) >= 11 is 0. The van der Waals surface area contributed by atoms with Crippen LogP contribution in [0.1, 0.15) is 65.5 Å². The molecule has 1 saturated carbocycles. The maximum absolute atomic E-state index is 10.2. The molecular weight excluding hydrogens is 352 g/mol. The third kappa shape index (κ3) is 4.64. The lowest BCUT2D eigenvalue weighted by Gasteiger charge is -2.33. The van der Waals surface area contributed by atoms with Crippen molar-refractivity contribution in [3.8, 4) is 0 Å². The third-order valence-corrected chi connectivity index (χ3v) is 5.96. The summed E-state index contributed by atoms with van der Waals surface area (Å²) < 4.78 is 6.02. The van der Waals surface area contributed by atoms with Crippen molar-refractivity contribution in [3.63, 3.8) is 0 Å². The van der Waals surface area contributed by atoms with Crippen molar-refractivity contribution >= 4 is 0 Å². The second-order valence-corrected chi connectivity index (χ2v) is 8.25. The third-order valence-electron chi connectivity index (χ3n) is 5.96. The zero-order valence-electron chi connectivity index (χ0n) is 16.3. The normalized spacial score (nSPS) is 25.0. The van der Waals surface area contributed by atoms with Gasteiger partial charge in [-0.3, -0.25) is 0 Å². The molecule has 0 aromatic heterocycles. The molecule has 3 atom stereocenters. The van der Waals surface area contributed by atoms with E-state index in [1.807, 2.05) is 0 Å². The molecule has 4 nitrogen and oxygen atoms in total. The van der Waals surface area contributed by atoms with Crippen molar-refractivity contribution in [2.75, 3.05) is 13.2 Å². The van der Waals surface area contributed by atoms with Crippen molar-refractivity contribution in [1.82, 2.24) is 0 Å². The Balaban J connectivity index is 1.57. The zero-order chi connectivity index (χ0) is 19.5. The van der Waals surface area contributed by atoms with E-state index < -0.39 is 6.10 Å². The summed E-state index contributed by atoms with van der Waals surface area (Å²) in [6.07, 6.45) is 4.27. The highest BCUT2D eigenvalue weighted by Crippen LogP contribution is 2.43. The molecule has 28 heavy (non-hydrogen) atoms. The molecule has 0 amide bonds. The van der Waals surface area contributed by atoms with Gasteiger partial charge in [-0.2, -0.15) is 0 Å². The second kappa shape index (κ2) is 8.75. The summed E-state index contributed by atoms with van der Waals surface area (Å²) in [5, 5.41) is 28.7. The van der Waals surface area contributed by atoms with E-state index >= 15 is 0 Å². The first-order chi connectivity index (χ1) is 13.7. The van der Waals surface area contributed by atoms with Gasteiger partial charge >= 0.3 is 0 Å². The molecule has 1 unspecified atom stereocenters. The van der Waals surface area contributed by atoms with Gasteiger partial charge in [0, 0.05) is 19.4 Å². The number of hydrogen-bond acceptors (Lipinski definition) is 4. The quantitative estimate of drug-likeness (QED) is 0.687. The average molecular weight is 383 g/mol. The minimum Gasteiger partial charge on any atom is -0.396 e. The Kier molecular flexibility index (Phi) is 6.12. The van der Waals surface area contributed by atoms with Gasteiger partial charge in [0.25, 0.3) is 0 Å². The van der Waals surface area contributed by atoms with Crippen molar-refractivity contribution in [1.29, 1.82) is 0 Å². The van der Waals surface area contributed by atoms with Crippen LogP contribution in [0.25, 0.3) is 0 Å². The van der Waals surface area contributed by atoms with E-state index in [1.165, 1.54) is 29.5 Å². The molecule has 0 spiro atoms. The highest BCUT2D eigenvalue weighted by atomic mass is 16.5. The fourth-order valence-electron chi connectivity index (χ4n) is 4.27. The topological polar surface area (TPSA) is 69.9 Å². The van der Waals surface area contributed by atoms with Crippen LogP contribution < -0.4 is 0 Å². The van der Waals surface area contributed by atoms with E-state index in [9.17, 15) is 10.2 Å². The van der Waals surface area contributed by atoms with E-state index in [4.69, 9.17) is 9.84 Å². The van der Waals surface area contributed by atoms with Crippen LogP contribution in [0.2, 0.25) is 0 Å². The first-order valence-electron chi connectivity index (χ1n) is 10.4. The van der Waals surface area contributed by atoms with Gasteiger partial charge in [-0.15, -0.1) is 0 Å². The highest BCUT2D eigenvalue weighted by Gasteiger charge is 2.31. The van der Waals surface area contributed by atoms with Crippen LogP contribution in [-0.2, 0) is 17.6 Å². The largest absolute Gasteiger partial charge is 0.396 e. The molecule has 2 fully saturated rings. The van der Waals surface area contributed by atoms with Gasteiger partial charge in [0.2, 0.25) is 0 Å². The summed E-state index contributed by atoms with van der Waals surface area (Å²) in [4.78, 5) is 0. The molecule has 1 aliphatic heterocycles. The van der Waals surface area contributed by atoms with Gasteiger partial charge < -0.3 is 20.1 Å². The van der Waals surface area contributed by atoms with E-state index in [0.29, 0.717) is 25.2 Å². The molecule has 1 heterocycles. The second-order valence-electron chi connectivity index (χ2n) is 8.25. The molecule has 1 aliphatic carbocycles. The van der Waals surface area contributed by atoms with Gasteiger partial charge in [-0.1, -0.05) is 42.5 Å². The maximum Gasteiger partial charge on any atom is 0.0854 e. The van der Waals surface area contributed by atoms with Crippen molar-refractivity contribution < 1.29 is 20.1 Å². The number of hydrogen-bond donors (Lipinski definition) is 3. The minimum atomic E-state index is -0.429. The van der Waals surface area contributed by atoms with Crippen LogP contribution in [0.4, 0.5) is 0 Å². The van der Waals surface area contributed by atoms with E-state index in [1.54, 1.807) is 0 Å². The summed E-state index contributed by atoms with van der Waals surface area (Å²) in [5.74, 6) is 0.667. The maximum atomic E-state index is 10.2. The molecule has 2 aliphatic rings. The van der Waals surface area contributed by atoms with E-state index in [0.717, 1.165) is 17.5 Å². The molecule has 1 saturated heterocycles. The Labute approximate surface area is 166 Å². The molecule has 2 aromatic carbocycles. The molecule has 3 N–H and O–H groups in total. The Morgan fingerprint density at radius 3 is 2.36 bits per heavy atom. The number of aliphatic hydroxyl groups excluding tert-OH is 3. The van der Waals surface area contributed by atoms with Crippen molar-refractivity contribution in [3.05, 3.63) is 70.3 Å². The van der Waals surface area contributed by atoms with Crippen LogP contribution in [0.3, 0.4) is 0 Å². The number of aliphatic hydroxyl groups is 3. The molecular formula is C24H30O4. The predicted molar refractivity (Wildman–Crippen MR) is 108 cm³/mol. The lowest BCUT2D eigenvalue weighted by molar-refractivity contribution is -0.113. The van der Waals surface area contributed by atoms with Crippen LogP contribution in [-0.4, -0.2) is 40.7 Å². The lowest BCUT2D eigenvalue weighted by Crippen LogP contribution is -2.33. The average Bonchev–Trinajstić information content (AvgIpc) is 3.54. The van der Waals surface area contributed by atoms with Gasteiger partial charge in [0.15, 0.2) is 0 Å². The highest BCUT2D eigenvalue weighted by molar-refractivity contribution is 5.41. The Morgan fingerprint density at radius 1 is 0.929 bits per heavy atom. The van der Waals surface area contributed by atoms with Crippen LogP contribution >= 0.6 is 0 Å². The van der Waals surface area contributed by atoms with Gasteiger partial charge in [0.05, 0.1) is 24.9 Å². The van der Waals surface area contributed by atoms with Crippen molar-refractivity contribution in [2.24, 2.45) is 0 Å². The monoisotopic (exact) mass is 382 g/mol. The Hall–Kier alpha value is -1.72. The van der Waals surface area contributed by atoms with Gasteiger partial charge in [-0.05, 0) is 59.4 Å². The Morgan fingerprint density at radius 2 is 1.68 bits per heavy atom. The predicted octanol–water partition coefficient (Wildman–Crippen LogP) is 3.26.